The first-order valence-corrected chi connectivity index (χ1v) is 11.1. The Morgan fingerprint density at radius 3 is 2.00 bits per heavy atom. The molecule has 1 amide bonds. The fourth-order valence-corrected chi connectivity index (χ4v) is 4.03. The zero-order chi connectivity index (χ0) is 24.7. The Labute approximate surface area is 199 Å². The molecule has 0 saturated heterocycles. The van der Waals surface area contributed by atoms with E-state index in [4.69, 9.17) is 23.7 Å². The average Bonchev–Trinajstić information content (AvgIpc) is 3.34. The molecule has 3 rings (SSSR count). The fraction of sp³-hybridized carbons (Fsp3) is 0.385. The monoisotopic (exact) mass is 469 g/mol. The molecule has 1 aliphatic carbocycles. The van der Waals surface area contributed by atoms with Crippen molar-refractivity contribution in [1.29, 1.82) is 0 Å². The number of hydrogen-bond donors (Lipinski definition) is 1. The van der Waals surface area contributed by atoms with E-state index >= 15 is 0 Å². The highest BCUT2D eigenvalue weighted by atomic mass is 16.6. The summed E-state index contributed by atoms with van der Waals surface area (Å²) in [5.41, 5.74) is 1.65. The summed E-state index contributed by atoms with van der Waals surface area (Å²) in [5, 5.41) is 3.14. The van der Waals surface area contributed by atoms with Crippen molar-refractivity contribution < 1.29 is 33.3 Å². The van der Waals surface area contributed by atoms with Crippen molar-refractivity contribution in [2.75, 3.05) is 28.4 Å². The van der Waals surface area contributed by atoms with Gasteiger partial charge in [-0.2, -0.15) is 0 Å². The molecule has 2 aromatic rings. The van der Waals surface area contributed by atoms with Crippen LogP contribution in [0, 0.1) is 0 Å². The number of nitrogens with one attached hydrogen (secondary N) is 1. The zero-order valence-electron chi connectivity index (χ0n) is 20.2. The number of methoxy groups -OCH3 is 4. The molecule has 0 heterocycles. The summed E-state index contributed by atoms with van der Waals surface area (Å²) in [5.74, 6) is 1.31. The minimum atomic E-state index is -0.469. The third-order valence-electron chi connectivity index (χ3n) is 5.66. The van der Waals surface area contributed by atoms with Gasteiger partial charge in [0, 0.05) is 18.5 Å². The predicted molar refractivity (Wildman–Crippen MR) is 129 cm³/mol. The highest BCUT2D eigenvalue weighted by Gasteiger charge is 2.23. The number of ether oxygens (including phenoxy) is 5. The van der Waals surface area contributed by atoms with Gasteiger partial charge in [-0.25, -0.2) is 0 Å². The highest BCUT2D eigenvalue weighted by molar-refractivity contribution is 6.24. The lowest BCUT2D eigenvalue weighted by Crippen LogP contribution is -2.33. The van der Waals surface area contributed by atoms with Crippen LogP contribution in [0.25, 0.3) is 11.6 Å². The van der Waals surface area contributed by atoms with Crippen LogP contribution in [-0.2, 0) is 9.59 Å². The van der Waals surface area contributed by atoms with Crippen molar-refractivity contribution in [3.8, 4) is 28.7 Å². The maximum atomic E-state index is 13.4. The molecule has 8 nitrogen and oxygen atoms in total. The quantitative estimate of drug-likeness (QED) is 0.254. The Morgan fingerprint density at radius 2 is 1.47 bits per heavy atom. The third kappa shape index (κ3) is 5.81. The van der Waals surface area contributed by atoms with Crippen molar-refractivity contribution in [2.45, 2.75) is 38.6 Å². The molecule has 0 bridgehead atoms. The Bertz CT molecular complexity index is 1050. The van der Waals surface area contributed by atoms with Gasteiger partial charge in [-0.3, -0.25) is 9.59 Å². The standard InChI is InChI=1S/C26H31NO7/c1-16(28)34-22-13-17(10-11-21(22)30-2)12-20(26(29)27-19-8-6-7-9-19)18-14-23(31-3)25(33-5)24(15-18)32-4/h10-15,19H,6-9H2,1-5H3,(H,27,29)/b20-12+. The van der Waals surface area contributed by atoms with E-state index in [9.17, 15) is 9.59 Å². The second kappa shape index (κ2) is 11.4. The van der Waals surface area contributed by atoms with Crippen LogP contribution in [0.3, 0.4) is 0 Å². The molecule has 1 N–H and O–H groups in total. The van der Waals surface area contributed by atoms with Crippen molar-refractivity contribution >= 4 is 23.5 Å². The molecular weight excluding hydrogens is 438 g/mol. The van der Waals surface area contributed by atoms with Gasteiger partial charge in [0.2, 0.25) is 5.75 Å². The number of carbonyl (C=O) groups excluding carboxylic acids is 2. The number of esters is 1. The molecular formula is C26H31NO7. The lowest BCUT2D eigenvalue weighted by molar-refractivity contribution is -0.132. The molecule has 182 valence electrons. The molecule has 1 aliphatic rings. The number of amides is 1. The van der Waals surface area contributed by atoms with E-state index in [1.807, 2.05) is 0 Å². The second-order valence-electron chi connectivity index (χ2n) is 7.93. The number of hydrogen-bond acceptors (Lipinski definition) is 7. The van der Waals surface area contributed by atoms with Gasteiger partial charge < -0.3 is 29.0 Å². The summed E-state index contributed by atoms with van der Waals surface area (Å²) in [6.45, 7) is 1.32. The van der Waals surface area contributed by atoms with Crippen molar-refractivity contribution in [3.63, 3.8) is 0 Å². The Morgan fingerprint density at radius 1 is 0.853 bits per heavy atom. The number of carbonyl (C=O) groups is 2. The number of benzene rings is 2. The molecule has 8 heteroatoms. The van der Waals surface area contributed by atoms with E-state index in [1.165, 1.54) is 35.4 Å². The van der Waals surface area contributed by atoms with Gasteiger partial charge in [-0.05, 0) is 54.3 Å². The molecule has 34 heavy (non-hydrogen) atoms. The average molecular weight is 470 g/mol. The first-order chi connectivity index (χ1) is 16.4. The zero-order valence-corrected chi connectivity index (χ0v) is 20.2. The largest absolute Gasteiger partial charge is 0.493 e. The molecule has 0 spiro atoms. The van der Waals surface area contributed by atoms with E-state index in [1.54, 1.807) is 36.4 Å². The predicted octanol–water partition coefficient (Wildman–Crippen LogP) is 4.25. The van der Waals surface area contributed by atoms with E-state index in [0.717, 1.165) is 25.7 Å². The van der Waals surface area contributed by atoms with Crippen LogP contribution < -0.4 is 29.0 Å². The van der Waals surface area contributed by atoms with Crippen LogP contribution in [0.2, 0.25) is 0 Å². The van der Waals surface area contributed by atoms with Gasteiger partial charge in [0.05, 0.1) is 28.4 Å². The summed E-state index contributed by atoms with van der Waals surface area (Å²) in [4.78, 5) is 25.0. The molecule has 0 radical (unpaired) electrons. The minimum absolute atomic E-state index is 0.130. The first kappa shape index (κ1) is 25.0. The molecule has 0 aliphatic heterocycles. The van der Waals surface area contributed by atoms with E-state index in [-0.39, 0.29) is 17.7 Å². The van der Waals surface area contributed by atoms with Crippen LogP contribution in [0.4, 0.5) is 0 Å². The van der Waals surface area contributed by atoms with Crippen LogP contribution in [0.1, 0.15) is 43.7 Å². The van der Waals surface area contributed by atoms with Gasteiger partial charge in [0.15, 0.2) is 23.0 Å². The van der Waals surface area contributed by atoms with Crippen LogP contribution >= 0.6 is 0 Å². The molecule has 2 aromatic carbocycles. The summed E-state index contributed by atoms with van der Waals surface area (Å²) in [7, 11) is 6.07. The van der Waals surface area contributed by atoms with Crippen molar-refractivity contribution in [1.82, 2.24) is 5.32 Å². The summed E-state index contributed by atoms with van der Waals surface area (Å²) < 4.78 is 27.0. The summed E-state index contributed by atoms with van der Waals surface area (Å²) >= 11 is 0. The SMILES string of the molecule is COc1ccc(/C=C(/C(=O)NC2CCCC2)c2cc(OC)c(OC)c(OC)c2)cc1OC(C)=O. The first-order valence-electron chi connectivity index (χ1n) is 11.1. The van der Waals surface area contributed by atoms with Crippen LogP contribution in [0.15, 0.2) is 30.3 Å². The molecule has 0 aromatic heterocycles. The molecule has 0 atom stereocenters. The van der Waals surface area contributed by atoms with Crippen LogP contribution in [-0.4, -0.2) is 46.4 Å². The molecule has 0 unspecified atom stereocenters. The topological polar surface area (TPSA) is 92.3 Å². The van der Waals surface area contributed by atoms with Crippen LogP contribution in [0.5, 0.6) is 28.7 Å². The smallest absolute Gasteiger partial charge is 0.308 e. The normalized spacial score (nSPS) is 13.9. The summed E-state index contributed by atoms with van der Waals surface area (Å²) in [6.07, 6.45) is 5.83. The van der Waals surface area contributed by atoms with Gasteiger partial charge in [0.1, 0.15) is 0 Å². The van der Waals surface area contributed by atoms with Gasteiger partial charge in [-0.15, -0.1) is 0 Å². The molecule has 1 saturated carbocycles. The Kier molecular flexibility index (Phi) is 8.40. The van der Waals surface area contributed by atoms with E-state index in [2.05, 4.69) is 5.32 Å². The van der Waals surface area contributed by atoms with E-state index < -0.39 is 5.97 Å². The molecule has 1 fully saturated rings. The Balaban J connectivity index is 2.12. The van der Waals surface area contributed by atoms with E-state index in [0.29, 0.717) is 39.7 Å². The minimum Gasteiger partial charge on any atom is -0.493 e. The maximum Gasteiger partial charge on any atom is 0.308 e. The maximum absolute atomic E-state index is 13.4. The Hall–Kier alpha value is -3.68. The number of rotatable bonds is 9. The second-order valence-corrected chi connectivity index (χ2v) is 7.93. The summed E-state index contributed by atoms with van der Waals surface area (Å²) in [6, 6.07) is 8.72. The fourth-order valence-electron chi connectivity index (χ4n) is 4.03. The van der Waals surface area contributed by atoms with Gasteiger partial charge in [-0.1, -0.05) is 18.9 Å². The van der Waals surface area contributed by atoms with Gasteiger partial charge in [0.25, 0.3) is 5.91 Å². The highest BCUT2D eigenvalue weighted by Crippen LogP contribution is 2.40. The van der Waals surface area contributed by atoms with Gasteiger partial charge >= 0.3 is 5.97 Å². The lowest BCUT2D eigenvalue weighted by Gasteiger charge is -2.18. The van der Waals surface area contributed by atoms with Crippen molar-refractivity contribution in [3.05, 3.63) is 41.5 Å². The third-order valence-corrected chi connectivity index (χ3v) is 5.66. The van der Waals surface area contributed by atoms with Crippen molar-refractivity contribution in [2.24, 2.45) is 0 Å². The lowest BCUT2D eigenvalue weighted by atomic mass is 10.00.